The molecular weight excluding hydrogens is 389 g/mol. The molecule has 5 heteroatoms. The first-order chi connectivity index (χ1) is 15.0. The Kier molecular flexibility index (Phi) is 5.85. The maximum absolute atomic E-state index is 13.1. The maximum Gasteiger partial charge on any atom is 0.257 e. The van der Waals surface area contributed by atoms with Gasteiger partial charge in [-0.25, -0.2) is 9.37 Å². The summed E-state index contributed by atoms with van der Waals surface area (Å²) in [5, 5.41) is 0. The van der Waals surface area contributed by atoms with Crippen molar-refractivity contribution in [2.45, 2.75) is 32.7 Å². The van der Waals surface area contributed by atoms with E-state index in [0.29, 0.717) is 12.1 Å². The second-order valence-electron chi connectivity index (χ2n) is 7.98. The molecule has 0 saturated carbocycles. The van der Waals surface area contributed by atoms with Crippen LogP contribution in [0.4, 0.5) is 10.2 Å². The number of aromatic nitrogens is 1. The third kappa shape index (κ3) is 4.66. The molecule has 158 valence electrons. The molecule has 1 aliphatic rings. The van der Waals surface area contributed by atoms with E-state index in [2.05, 4.69) is 24.0 Å². The van der Waals surface area contributed by atoms with Gasteiger partial charge < -0.3 is 10.6 Å². The quantitative estimate of drug-likeness (QED) is 0.566. The van der Waals surface area contributed by atoms with Crippen LogP contribution in [0.15, 0.2) is 60.7 Å². The number of rotatable bonds is 7. The molecule has 0 spiro atoms. The van der Waals surface area contributed by atoms with Crippen LogP contribution in [0.2, 0.25) is 0 Å². The lowest BCUT2D eigenvalue weighted by Crippen LogP contribution is -2.27. The Morgan fingerprint density at radius 1 is 1.00 bits per heavy atom. The first-order valence-corrected chi connectivity index (χ1v) is 10.5. The summed E-state index contributed by atoms with van der Waals surface area (Å²) in [6.07, 6.45) is 2.75. The van der Waals surface area contributed by atoms with Gasteiger partial charge in [-0.3, -0.25) is 4.79 Å². The van der Waals surface area contributed by atoms with Crippen LogP contribution < -0.4 is 5.73 Å². The van der Waals surface area contributed by atoms with E-state index in [0.717, 1.165) is 41.6 Å². The third-order valence-corrected chi connectivity index (χ3v) is 5.57. The molecular formula is C26H26FN3O. The normalized spacial score (nSPS) is 12.7. The average molecular weight is 416 g/mol. The van der Waals surface area contributed by atoms with Crippen molar-refractivity contribution in [3.63, 3.8) is 0 Å². The number of hydrogen-bond donors (Lipinski definition) is 1. The number of aryl methyl sites for hydroxylation is 1. The fourth-order valence-electron chi connectivity index (χ4n) is 3.79. The number of anilines is 1. The molecule has 3 aromatic rings. The third-order valence-electron chi connectivity index (χ3n) is 5.57. The van der Waals surface area contributed by atoms with Gasteiger partial charge in [-0.1, -0.05) is 49.7 Å². The van der Waals surface area contributed by atoms with E-state index in [-0.39, 0.29) is 17.5 Å². The van der Waals surface area contributed by atoms with Crippen molar-refractivity contribution in [2.24, 2.45) is 0 Å². The Hall–Kier alpha value is -3.47. The van der Waals surface area contributed by atoms with Gasteiger partial charge in [0.15, 0.2) is 0 Å². The Labute approximate surface area is 182 Å². The zero-order chi connectivity index (χ0) is 22.0. The van der Waals surface area contributed by atoms with Gasteiger partial charge in [0, 0.05) is 19.3 Å². The second-order valence-corrected chi connectivity index (χ2v) is 7.98. The summed E-state index contributed by atoms with van der Waals surface area (Å²) in [7, 11) is 1.77. The summed E-state index contributed by atoms with van der Waals surface area (Å²) in [6.45, 7) is 2.57. The number of nitrogen functional groups attached to an aromatic ring is 1. The molecule has 1 aromatic heterocycles. The highest BCUT2D eigenvalue weighted by atomic mass is 19.1. The Morgan fingerprint density at radius 3 is 2.19 bits per heavy atom. The number of hydrogen-bond acceptors (Lipinski definition) is 3. The van der Waals surface area contributed by atoms with E-state index < -0.39 is 0 Å². The van der Waals surface area contributed by atoms with Crippen molar-refractivity contribution in [1.82, 2.24) is 9.88 Å². The number of carbonyl (C=O) groups excluding carboxylic acids is 1. The summed E-state index contributed by atoms with van der Waals surface area (Å²) >= 11 is 0. The first-order valence-electron chi connectivity index (χ1n) is 10.5. The summed E-state index contributed by atoms with van der Waals surface area (Å²) in [5.74, 6) is -0.0724. The number of allylic oxidation sites excluding steroid dienone is 2. The van der Waals surface area contributed by atoms with E-state index in [1.54, 1.807) is 18.0 Å². The maximum atomic E-state index is 13.1. The number of pyridine rings is 1. The standard InChI is InChI=1S/C26H26FN3O/c1-3-4-21-13-14-22(25(28)29-21)26(31)30(2)16-17-5-7-18(8-6-17)23-15-24(23)19-9-11-20(27)12-10-19/h5-14H,3-4,15-16H2,1-2H3,(H2,28,29). The van der Waals surface area contributed by atoms with E-state index in [1.807, 2.05) is 30.3 Å². The number of carbonyl (C=O) groups is 1. The largest absolute Gasteiger partial charge is 0.383 e. The van der Waals surface area contributed by atoms with Crippen LogP contribution in [-0.2, 0) is 13.0 Å². The smallest absolute Gasteiger partial charge is 0.257 e. The highest BCUT2D eigenvalue weighted by Crippen LogP contribution is 2.46. The lowest BCUT2D eigenvalue weighted by Gasteiger charge is -2.18. The van der Waals surface area contributed by atoms with Crippen LogP contribution in [0, 0.1) is 5.82 Å². The molecule has 1 aliphatic carbocycles. The number of nitrogens with two attached hydrogens (primary N) is 1. The topological polar surface area (TPSA) is 59.2 Å². The average Bonchev–Trinajstić information content (AvgIpc) is 3.55. The van der Waals surface area contributed by atoms with Crippen LogP contribution in [0.1, 0.15) is 52.5 Å². The molecule has 0 aliphatic heterocycles. The predicted molar refractivity (Wildman–Crippen MR) is 123 cm³/mol. The number of nitrogens with zero attached hydrogens (tertiary/aromatic N) is 2. The van der Waals surface area contributed by atoms with Crippen molar-refractivity contribution >= 4 is 22.9 Å². The summed E-state index contributed by atoms with van der Waals surface area (Å²) in [5.41, 5.74) is 13.2. The molecule has 0 atom stereocenters. The highest BCUT2D eigenvalue weighted by Gasteiger charge is 2.24. The molecule has 0 unspecified atom stereocenters. The zero-order valence-electron chi connectivity index (χ0n) is 17.9. The summed E-state index contributed by atoms with van der Waals surface area (Å²) < 4.78 is 13.1. The van der Waals surface area contributed by atoms with Crippen molar-refractivity contribution in [3.05, 3.63) is 94.4 Å². The van der Waals surface area contributed by atoms with Gasteiger partial charge in [-0.05, 0) is 64.9 Å². The minimum atomic E-state index is -0.219. The molecule has 4 rings (SSSR count). The van der Waals surface area contributed by atoms with Gasteiger partial charge in [0.25, 0.3) is 5.91 Å². The minimum Gasteiger partial charge on any atom is -0.383 e. The van der Waals surface area contributed by atoms with Crippen LogP contribution in [0.5, 0.6) is 0 Å². The molecule has 1 heterocycles. The van der Waals surface area contributed by atoms with Gasteiger partial charge in [0.05, 0.1) is 5.56 Å². The Morgan fingerprint density at radius 2 is 1.61 bits per heavy atom. The highest BCUT2D eigenvalue weighted by molar-refractivity contribution is 6.08. The lowest BCUT2D eigenvalue weighted by molar-refractivity contribution is 0.0786. The van der Waals surface area contributed by atoms with Gasteiger partial charge in [-0.15, -0.1) is 0 Å². The second kappa shape index (κ2) is 8.72. The molecule has 4 nitrogen and oxygen atoms in total. The molecule has 2 aromatic carbocycles. The number of benzene rings is 2. The molecule has 0 fully saturated rings. The van der Waals surface area contributed by atoms with Gasteiger partial charge in [0.1, 0.15) is 11.6 Å². The molecule has 1 amide bonds. The monoisotopic (exact) mass is 415 g/mol. The van der Waals surface area contributed by atoms with Crippen LogP contribution in [-0.4, -0.2) is 22.8 Å². The van der Waals surface area contributed by atoms with Crippen LogP contribution in [0.25, 0.3) is 11.1 Å². The van der Waals surface area contributed by atoms with Gasteiger partial charge in [0.2, 0.25) is 0 Å². The molecule has 0 saturated heterocycles. The number of amides is 1. The molecule has 0 radical (unpaired) electrons. The van der Waals surface area contributed by atoms with Crippen molar-refractivity contribution in [2.75, 3.05) is 12.8 Å². The summed E-state index contributed by atoms with van der Waals surface area (Å²) in [4.78, 5) is 18.8. The number of halogens is 1. The Balaban J connectivity index is 1.42. The molecule has 31 heavy (non-hydrogen) atoms. The first kappa shape index (κ1) is 20.8. The van der Waals surface area contributed by atoms with Crippen molar-refractivity contribution in [1.29, 1.82) is 0 Å². The lowest BCUT2D eigenvalue weighted by atomic mass is 10.1. The van der Waals surface area contributed by atoms with E-state index in [1.165, 1.54) is 23.3 Å². The van der Waals surface area contributed by atoms with Crippen LogP contribution >= 0.6 is 0 Å². The fourth-order valence-corrected chi connectivity index (χ4v) is 3.79. The Bertz CT molecular complexity index is 1130. The van der Waals surface area contributed by atoms with Crippen LogP contribution in [0.3, 0.4) is 0 Å². The summed E-state index contributed by atoms with van der Waals surface area (Å²) in [6, 6.07) is 18.5. The van der Waals surface area contributed by atoms with E-state index in [9.17, 15) is 9.18 Å². The molecule has 0 bridgehead atoms. The van der Waals surface area contributed by atoms with Crippen molar-refractivity contribution < 1.29 is 9.18 Å². The SMILES string of the molecule is CCCc1ccc(C(=O)N(C)Cc2ccc(C3=C(c4ccc(F)cc4)C3)cc2)c(N)n1. The fraction of sp³-hybridized carbons (Fsp3) is 0.231. The predicted octanol–water partition coefficient (Wildman–Crippen LogP) is 5.34. The van der Waals surface area contributed by atoms with E-state index in [4.69, 9.17) is 5.73 Å². The van der Waals surface area contributed by atoms with Crippen molar-refractivity contribution in [3.8, 4) is 0 Å². The van der Waals surface area contributed by atoms with E-state index >= 15 is 0 Å². The zero-order valence-corrected chi connectivity index (χ0v) is 17.9. The van der Waals surface area contributed by atoms with Gasteiger partial charge >= 0.3 is 0 Å². The minimum absolute atomic E-state index is 0.138. The van der Waals surface area contributed by atoms with Gasteiger partial charge in [-0.2, -0.15) is 0 Å². The molecule has 2 N–H and O–H groups in total.